The van der Waals surface area contributed by atoms with Crippen molar-refractivity contribution in [3.8, 4) is 0 Å². The number of benzene rings is 1. The van der Waals surface area contributed by atoms with Crippen LogP contribution < -0.4 is 16.8 Å². The van der Waals surface area contributed by atoms with Gasteiger partial charge in [-0.2, -0.15) is 0 Å². The zero-order valence-electron chi connectivity index (χ0n) is 10.2. The molecule has 5 N–H and O–H groups in total. The molecule has 0 bridgehead atoms. The van der Waals surface area contributed by atoms with Crippen molar-refractivity contribution < 1.29 is 9.53 Å². The van der Waals surface area contributed by atoms with Gasteiger partial charge in [-0.15, -0.1) is 0 Å². The van der Waals surface area contributed by atoms with Crippen molar-refractivity contribution in [2.24, 2.45) is 11.5 Å². The van der Waals surface area contributed by atoms with Crippen molar-refractivity contribution in [2.75, 3.05) is 25.1 Å². The van der Waals surface area contributed by atoms with Gasteiger partial charge in [0, 0.05) is 17.8 Å². The van der Waals surface area contributed by atoms with E-state index in [1.165, 1.54) is 0 Å². The van der Waals surface area contributed by atoms with E-state index < -0.39 is 5.91 Å². The maximum absolute atomic E-state index is 10.5. The number of thiocarbonyl (C=S) groups is 1. The first-order chi connectivity index (χ1) is 8.50. The predicted octanol–water partition coefficient (Wildman–Crippen LogP) is 0.543. The van der Waals surface area contributed by atoms with Crippen LogP contribution in [0.2, 0.25) is 0 Å². The molecule has 18 heavy (non-hydrogen) atoms. The Labute approximate surface area is 111 Å². The minimum absolute atomic E-state index is 0.0717. The van der Waals surface area contributed by atoms with Gasteiger partial charge in [-0.25, -0.2) is 0 Å². The first-order valence-corrected chi connectivity index (χ1v) is 5.92. The molecule has 1 rings (SSSR count). The zero-order valence-corrected chi connectivity index (χ0v) is 11.0. The third-order valence-electron chi connectivity index (χ3n) is 2.25. The molecule has 1 amide bonds. The van der Waals surface area contributed by atoms with Crippen LogP contribution in [0.1, 0.15) is 11.1 Å². The lowest BCUT2D eigenvalue weighted by atomic mass is 10.1. The second-order valence-corrected chi connectivity index (χ2v) is 4.30. The number of carbonyl (C=O) groups is 1. The highest BCUT2D eigenvalue weighted by Crippen LogP contribution is 2.16. The largest absolute Gasteiger partial charge is 0.389 e. The van der Waals surface area contributed by atoms with Gasteiger partial charge in [0.25, 0.3) is 0 Å². The summed E-state index contributed by atoms with van der Waals surface area (Å²) in [6.07, 6.45) is 0. The van der Waals surface area contributed by atoms with E-state index in [9.17, 15) is 4.79 Å². The van der Waals surface area contributed by atoms with Crippen LogP contribution in [-0.2, 0) is 9.53 Å². The van der Waals surface area contributed by atoms with Gasteiger partial charge in [-0.1, -0.05) is 23.8 Å². The van der Waals surface area contributed by atoms with Crippen LogP contribution in [0.5, 0.6) is 0 Å². The highest BCUT2D eigenvalue weighted by molar-refractivity contribution is 7.80. The predicted molar refractivity (Wildman–Crippen MR) is 75.6 cm³/mol. The molecule has 0 saturated carbocycles. The number of ether oxygens (including phenoxy) is 1. The minimum Gasteiger partial charge on any atom is -0.389 e. The summed E-state index contributed by atoms with van der Waals surface area (Å²) >= 11 is 4.99. The van der Waals surface area contributed by atoms with Crippen LogP contribution in [-0.4, -0.2) is 30.7 Å². The fourth-order valence-electron chi connectivity index (χ4n) is 1.45. The van der Waals surface area contributed by atoms with Crippen LogP contribution >= 0.6 is 12.2 Å². The molecule has 1 aromatic carbocycles. The Morgan fingerprint density at radius 1 is 1.44 bits per heavy atom. The number of primary amides is 1. The lowest BCUT2D eigenvalue weighted by molar-refractivity contribution is -0.122. The van der Waals surface area contributed by atoms with E-state index >= 15 is 0 Å². The normalized spacial score (nSPS) is 10.1. The van der Waals surface area contributed by atoms with Crippen LogP contribution in [0.15, 0.2) is 18.2 Å². The first-order valence-electron chi connectivity index (χ1n) is 5.51. The van der Waals surface area contributed by atoms with Gasteiger partial charge in [0.05, 0.1) is 6.61 Å². The van der Waals surface area contributed by atoms with Gasteiger partial charge in [0.15, 0.2) is 0 Å². The number of rotatable bonds is 7. The second-order valence-electron chi connectivity index (χ2n) is 3.86. The van der Waals surface area contributed by atoms with Crippen LogP contribution in [0.25, 0.3) is 0 Å². The van der Waals surface area contributed by atoms with E-state index in [0.717, 1.165) is 16.8 Å². The maximum Gasteiger partial charge on any atom is 0.243 e. The summed E-state index contributed by atoms with van der Waals surface area (Å²) in [6.45, 7) is 2.83. The Balaban J connectivity index is 2.51. The third-order valence-corrected chi connectivity index (χ3v) is 2.47. The van der Waals surface area contributed by atoms with Crippen LogP contribution in [0.4, 0.5) is 5.69 Å². The van der Waals surface area contributed by atoms with Gasteiger partial charge >= 0.3 is 0 Å². The summed E-state index contributed by atoms with van der Waals surface area (Å²) in [5.41, 5.74) is 13.4. The summed E-state index contributed by atoms with van der Waals surface area (Å²) in [7, 11) is 0. The number of nitrogens with one attached hydrogen (secondary N) is 1. The van der Waals surface area contributed by atoms with E-state index in [-0.39, 0.29) is 6.61 Å². The quantitative estimate of drug-likeness (QED) is 0.495. The average molecular weight is 267 g/mol. The summed E-state index contributed by atoms with van der Waals surface area (Å²) in [4.78, 5) is 10.8. The SMILES string of the molecule is Cc1ccc(NCCOCC(N)=O)c(C(N)=S)c1. The number of amides is 1. The van der Waals surface area contributed by atoms with Crippen molar-refractivity contribution in [3.05, 3.63) is 29.3 Å². The number of anilines is 1. The number of carbonyl (C=O) groups excluding carboxylic acids is 1. The number of aryl methyl sites for hydroxylation is 1. The van der Waals surface area contributed by atoms with Crippen molar-refractivity contribution in [1.29, 1.82) is 0 Å². The Kier molecular flexibility index (Phi) is 5.54. The van der Waals surface area contributed by atoms with Gasteiger partial charge in [0.2, 0.25) is 5.91 Å². The highest BCUT2D eigenvalue weighted by atomic mass is 32.1. The molecule has 98 valence electrons. The maximum atomic E-state index is 10.5. The zero-order chi connectivity index (χ0) is 13.5. The van der Waals surface area contributed by atoms with Crippen LogP contribution in [0.3, 0.4) is 0 Å². The fourth-order valence-corrected chi connectivity index (χ4v) is 1.62. The molecule has 0 aliphatic heterocycles. The standard InChI is InChI=1S/C12H17N3O2S/c1-8-2-3-10(9(6-8)12(14)18)15-4-5-17-7-11(13)16/h2-3,6,15H,4-5,7H2,1H3,(H2,13,16)(H2,14,18). The lowest BCUT2D eigenvalue weighted by Crippen LogP contribution is -2.21. The van der Waals surface area contributed by atoms with Gasteiger partial charge in [-0.05, 0) is 19.1 Å². The molecule has 1 aromatic rings. The van der Waals surface area contributed by atoms with E-state index in [1.54, 1.807) is 0 Å². The Bertz CT molecular complexity index is 449. The van der Waals surface area contributed by atoms with Gasteiger partial charge < -0.3 is 21.5 Å². The lowest BCUT2D eigenvalue weighted by Gasteiger charge is -2.12. The molecule has 0 radical (unpaired) electrons. The minimum atomic E-state index is -0.478. The first kappa shape index (κ1) is 14.4. The smallest absolute Gasteiger partial charge is 0.243 e. The molecular weight excluding hydrogens is 250 g/mol. The highest BCUT2D eigenvalue weighted by Gasteiger charge is 2.05. The van der Waals surface area contributed by atoms with Gasteiger partial charge in [-0.3, -0.25) is 4.79 Å². The Hall–Kier alpha value is -1.66. The van der Waals surface area contributed by atoms with Gasteiger partial charge in [0.1, 0.15) is 11.6 Å². The molecule has 0 heterocycles. The molecule has 0 saturated heterocycles. The molecule has 0 aromatic heterocycles. The van der Waals surface area contributed by atoms with E-state index in [0.29, 0.717) is 18.1 Å². The van der Waals surface area contributed by atoms with Crippen molar-refractivity contribution >= 4 is 28.8 Å². The molecule has 0 fully saturated rings. The molecule has 0 unspecified atom stereocenters. The number of hydrogen-bond donors (Lipinski definition) is 3. The molecule has 6 heteroatoms. The molecule has 5 nitrogen and oxygen atoms in total. The molecular formula is C12H17N3O2S. The van der Waals surface area contributed by atoms with Crippen LogP contribution in [0, 0.1) is 6.92 Å². The molecule has 0 atom stereocenters. The van der Waals surface area contributed by atoms with Crippen molar-refractivity contribution in [2.45, 2.75) is 6.92 Å². The topological polar surface area (TPSA) is 90.4 Å². The number of hydrogen-bond acceptors (Lipinski definition) is 4. The molecule has 0 aliphatic rings. The Morgan fingerprint density at radius 2 is 2.17 bits per heavy atom. The molecule has 0 aliphatic carbocycles. The average Bonchev–Trinajstić information content (AvgIpc) is 2.29. The second kappa shape index (κ2) is 6.93. The van der Waals surface area contributed by atoms with Crippen molar-refractivity contribution in [1.82, 2.24) is 0 Å². The van der Waals surface area contributed by atoms with E-state index in [4.69, 9.17) is 28.4 Å². The summed E-state index contributed by atoms with van der Waals surface area (Å²) in [5, 5.41) is 3.15. The third kappa shape index (κ3) is 4.68. The summed E-state index contributed by atoms with van der Waals surface area (Å²) in [5.74, 6) is -0.478. The Morgan fingerprint density at radius 3 is 2.78 bits per heavy atom. The fraction of sp³-hybridized carbons (Fsp3) is 0.333. The molecule has 0 spiro atoms. The monoisotopic (exact) mass is 267 g/mol. The van der Waals surface area contributed by atoms with E-state index in [2.05, 4.69) is 5.32 Å². The summed E-state index contributed by atoms with van der Waals surface area (Å²) < 4.78 is 5.04. The number of nitrogens with two attached hydrogens (primary N) is 2. The summed E-state index contributed by atoms with van der Waals surface area (Å²) in [6, 6.07) is 5.81. The van der Waals surface area contributed by atoms with E-state index in [1.807, 2.05) is 25.1 Å². The van der Waals surface area contributed by atoms with Crippen molar-refractivity contribution in [3.63, 3.8) is 0 Å².